The predicted molar refractivity (Wildman–Crippen MR) is 74.5 cm³/mol. The van der Waals surface area contributed by atoms with Crippen molar-refractivity contribution >= 4 is 5.91 Å². The largest absolute Gasteiger partial charge is 0.472 e. The maximum atomic E-state index is 12.2. The van der Waals surface area contributed by atoms with Crippen LogP contribution >= 0.6 is 0 Å². The molecule has 130 valence electrons. The molecule has 1 aliphatic heterocycles. The second kappa shape index (κ2) is 6.63. The number of hydrogen-bond acceptors (Lipinski definition) is 6. The van der Waals surface area contributed by atoms with Gasteiger partial charge < -0.3 is 14.3 Å². The highest BCUT2D eigenvalue weighted by molar-refractivity contribution is 5.82. The summed E-state index contributed by atoms with van der Waals surface area (Å²) in [5, 5.41) is 5.74. The van der Waals surface area contributed by atoms with Crippen molar-refractivity contribution in [2.75, 3.05) is 13.1 Å². The van der Waals surface area contributed by atoms with E-state index >= 15 is 0 Å². The molecule has 0 spiro atoms. The first-order chi connectivity index (χ1) is 11.4. The molecule has 0 bridgehead atoms. The van der Waals surface area contributed by atoms with Crippen LogP contribution in [0.5, 0.6) is 0 Å². The number of carbonyl (C=O) groups excluding carboxylic acids is 1. The van der Waals surface area contributed by atoms with E-state index in [1.807, 2.05) is 5.32 Å². The maximum Gasteiger partial charge on any atom is 0.405 e. The third-order valence-corrected chi connectivity index (χ3v) is 3.72. The number of carbonyl (C=O) groups is 1. The molecular weight excluding hydrogens is 329 g/mol. The summed E-state index contributed by atoms with van der Waals surface area (Å²) < 4.78 is 46.7. The SMILES string of the molecule is O=C(NCC(F)(F)F)C1CCCN1Cc1nc(-c2ccoc2)no1. The topological polar surface area (TPSA) is 84.4 Å². The smallest absolute Gasteiger partial charge is 0.405 e. The average molecular weight is 344 g/mol. The Bertz CT molecular complexity index is 684. The Morgan fingerprint density at radius 2 is 2.29 bits per heavy atom. The summed E-state index contributed by atoms with van der Waals surface area (Å²) in [5.41, 5.74) is 0.658. The van der Waals surface area contributed by atoms with Gasteiger partial charge in [0.15, 0.2) is 0 Å². The van der Waals surface area contributed by atoms with Gasteiger partial charge in [0.1, 0.15) is 12.8 Å². The standard InChI is InChI=1S/C14H15F3N4O3/c15-14(16,17)8-18-13(22)10-2-1-4-21(10)6-11-19-12(20-24-11)9-3-5-23-7-9/h3,5,7,10H,1-2,4,6,8H2,(H,18,22). The molecule has 0 radical (unpaired) electrons. The number of hydrogen-bond donors (Lipinski definition) is 1. The molecule has 0 aliphatic carbocycles. The molecule has 10 heteroatoms. The van der Waals surface area contributed by atoms with Crippen molar-refractivity contribution < 1.29 is 26.9 Å². The van der Waals surface area contributed by atoms with Crippen LogP contribution in [-0.2, 0) is 11.3 Å². The number of nitrogens with one attached hydrogen (secondary N) is 1. The third-order valence-electron chi connectivity index (χ3n) is 3.72. The number of alkyl halides is 3. The number of furan rings is 1. The second-order valence-corrected chi connectivity index (χ2v) is 5.49. The molecule has 3 heterocycles. The van der Waals surface area contributed by atoms with Crippen LogP contribution in [0.4, 0.5) is 13.2 Å². The van der Waals surface area contributed by atoms with Gasteiger partial charge in [-0.05, 0) is 25.5 Å². The van der Waals surface area contributed by atoms with Crippen LogP contribution in [0.3, 0.4) is 0 Å². The summed E-state index contributed by atoms with van der Waals surface area (Å²) in [4.78, 5) is 17.9. The molecule has 0 saturated carbocycles. The number of amides is 1. The van der Waals surface area contributed by atoms with E-state index in [-0.39, 0.29) is 6.54 Å². The molecular formula is C14H15F3N4O3. The average Bonchev–Trinajstić information content (AvgIpc) is 3.25. The van der Waals surface area contributed by atoms with E-state index in [1.54, 1.807) is 11.0 Å². The number of halogens is 3. The zero-order chi connectivity index (χ0) is 17.2. The van der Waals surface area contributed by atoms with Crippen molar-refractivity contribution in [1.29, 1.82) is 0 Å². The summed E-state index contributed by atoms with van der Waals surface area (Å²) >= 11 is 0. The third kappa shape index (κ3) is 3.94. The van der Waals surface area contributed by atoms with Crippen molar-refractivity contribution in [3.8, 4) is 11.4 Å². The highest BCUT2D eigenvalue weighted by Crippen LogP contribution is 2.22. The second-order valence-electron chi connectivity index (χ2n) is 5.49. The molecule has 1 aliphatic rings. The van der Waals surface area contributed by atoms with Gasteiger partial charge in [0, 0.05) is 0 Å². The van der Waals surface area contributed by atoms with E-state index in [1.165, 1.54) is 12.5 Å². The highest BCUT2D eigenvalue weighted by Gasteiger charge is 2.34. The van der Waals surface area contributed by atoms with E-state index in [0.29, 0.717) is 36.7 Å². The molecule has 1 unspecified atom stereocenters. The molecule has 0 aromatic carbocycles. The molecule has 24 heavy (non-hydrogen) atoms. The van der Waals surface area contributed by atoms with Gasteiger partial charge in [-0.2, -0.15) is 18.2 Å². The van der Waals surface area contributed by atoms with Crippen LogP contribution < -0.4 is 5.32 Å². The van der Waals surface area contributed by atoms with Gasteiger partial charge in [-0.1, -0.05) is 5.16 Å². The van der Waals surface area contributed by atoms with Crippen molar-refractivity contribution in [2.45, 2.75) is 31.6 Å². The zero-order valence-electron chi connectivity index (χ0n) is 12.5. The Labute approximate surface area is 134 Å². The first kappa shape index (κ1) is 16.5. The fourth-order valence-electron chi connectivity index (χ4n) is 2.62. The lowest BCUT2D eigenvalue weighted by atomic mass is 10.2. The first-order valence-electron chi connectivity index (χ1n) is 7.36. The number of aromatic nitrogens is 2. The summed E-state index contributed by atoms with van der Waals surface area (Å²) in [7, 11) is 0. The van der Waals surface area contributed by atoms with Crippen LogP contribution in [0.25, 0.3) is 11.4 Å². The van der Waals surface area contributed by atoms with E-state index in [4.69, 9.17) is 8.94 Å². The van der Waals surface area contributed by atoms with Crippen LogP contribution in [-0.4, -0.2) is 46.3 Å². The van der Waals surface area contributed by atoms with E-state index in [9.17, 15) is 18.0 Å². The summed E-state index contributed by atoms with van der Waals surface area (Å²) in [6, 6.07) is 1.05. The Hall–Kier alpha value is -2.36. The van der Waals surface area contributed by atoms with Crippen molar-refractivity contribution in [3.05, 3.63) is 24.5 Å². The molecule has 1 atom stereocenters. The molecule has 3 rings (SSSR count). The number of likely N-dealkylation sites (tertiary alicyclic amines) is 1. The molecule has 7 nitrogen and oxygen atoms in total. The summed E-state index contributed by atoms with van der Waals surface area (Å²) in [6.45, 7) is -0.552. The van der Waals surface area contributed by atoms with Crippen LogP contribution in [0.2, 0.25) is 0 Å². The van der Waals surface area contributed by atoms with Gasteiger partial charge in [0.25, 0.3) is 0 Å². The van der Waals surface area contributed by atoms with Gasteiger partial charge in [-0.25, -0.2) is 0 Å². The fourth-order valence-corrected chi connectivity index (χ4v) is 2.62. The minimum absolute atomic E-state index is 0.203. The molecule has 2 aromatic rings. The van der Waals surface area contributed by atoms with Crippen LogP contribution in [0.1, 0.15) is 18.7 Å². The van der Waals surface area contributed by atoms with Crippen molar-refractivity contribution in [3.63, 3.8) is 0 Å². The van der Waals surface area contributed by atoms with Crippen LogP contribution in [0.15, 0.2) is 27.5 Å². The maximum absolute atomic E-state index is 12.2. The van der Waals surface area contributed by atoms with Gasteiger partial charge >= 0.3 is 6.18 Å². The van der Waals surface area contributed by atoms with E-state index < -0.39 is 24.7 Å². The molecule has 1 amide bonds. The minimum Gasteiger partial charge on any atom is -0.472 e. The molecule has 1 N–H and O–H groups in total. The van der Waals surface area contributed by atoms with Gasteiger partial charge in [-0.3, -0.25) is 9.69 Å². The monoisotopic (exact) mass is 344 g/mol. The Morgan fingerprint density at radius 1 is 1.46 bits per heavy atom. The van der Waals surface area contributed by atoms with Gasteiger partial charge in [0.2, 0.25) is 17.6 Å². The normalized spacial score (nSPS) is 18.9. The lowest BCUT2D eigenvalue weighted by Crippen LogP contribution is -2.45. The molecule has 1 fully saturated rings. The Morgan fingerprint density at radius 3 is 3.00 bits per heavy atom. The summed E-state index contributed by atoms with van der Waals surface area (Å²) in [5.74, 6) is 0.0112. The highest BCUT2D eigenvalue weighted by atomic mass is 19.4. The van der Waals surface area contributed by atoms with E-state index in [2.05, 4.69) is 10.1 Å². The first-order valence-corrected chi connectivity index (χ1v) is 7.36. The van der Waals surface area contributed by atoms with Crippen LogP contribution in [0, 0.1) is 0 Å². The quantitative estimate of drug-likeness (QED) is 0.893. The molecule has 2 aromatic heterocycles. The lowest BCUT2D eigenvalue weighted by molar-refractivity contribution is -0.141. The fraction of sp³-hybridized carbons (Fsp3) is 0.500. The van der Waals surface area contributed by atoms with Crippen molar-refractivity contribution in [1.82, 2.24) is 20.4 Å². The van der Waals surface area contributed by atoms with Gasteiger partial charge in [0.05, 0.1) is 24.4 Å². The van der Waals surface area contributed by atoms with Gasteiger partial charge in [-0.15, -0.1) is 0 Å². The number of nitrogens with zero attached hydrogens (tertiary/aromatic N) is 3. The predicted octanol–water partition coefficient (Wildman–Crippen LogP) is 1.97. The summed E-state index contributed by atoms with van der Waals surface area (Å²) in [6.07, 6.45) is -0.269. The van der Waals surface area contributed by atoms with E-state index in [0.717, 1.165) is 0 Å². The Kier molecular flexibility index (Phi) is 4.56. The Balaban J connectivity index is 1.61. The zero-order valence-corrected chi connectivity index (χ0v) is 12.5. The molecule has 1 saturated heterocycles. The lowest BCUT2D eigenvalue weighted by Gasteiger charge is -2.22. The van der Waals surface area contributed by atoms with Crippen molar-refractivity contribution in [2.24, 2.45) is 0 Å². The number of rotatable bonds is 5. The minimum atomic E-state index is -4.43.